The monoisotopic (exact) mass is 533 g/mol. The van der Waals surface area contributed by atoms with E-state index in [9.17, 15) is 2.81 Å². The summed E-state index contributed by atoms with van der Waals surface area (Å²) >= 11 is -1.99. The van der Waals surface area contributed by atoms with Crippen LogP contribution in [0, 0.1) is 0 Å². The average molecular weight is 532 g/mol. The predicted molar refractivity (Wildman–Crippen MR) is 34.6 cm³/mol. The second kappa shape index (κ2) is 10.6. The standard InChI is InChI=1S/BH2.Bi.O.H2P.Pb.V.3H/h1H2;;;1H2;;;;;/q+1;;;-1;;;;;. The third kappa shape index (κ3) is 30.0. The predicted octanol–water partition coefficient (Wildman–Crippen LogP) is -2.28. The molecule has 0 saturated carbocycles. The first-order chi connectivity index (χ1) is 1.73. The van der Waals surface area contributed by atoms with Crippen LogP contribution in [0.2, 0.25) is 0 Å². The van der Waals surface area contributed by atoms with Crippen molar-refractivity contribution in [3.63, 3.8) is 0 Å². The number of hydrogen-bond donors (Lipinski definition) is 0. The van der Waals surface area contributed by atoms with Crippen LogP contribution in [0.3, 0.4) is 0 Å². The van der Waals surface area contributed by atoms with Crippen LogP contribution in [-0.4, -0.2) is 53.6 Å². The molecule has 0 aliphatic rings. The molecule has 0 heterocycles. The summed E-state index contributed by atoms with van der Waals surface area (Å²) in [7, 11) is 0. The van der Waals surface area contributed by atoms with Crippen LogP contribution < -0.4 is 0 Å². The second-order valence-corrected chi connectivity index (χ2v) is 12.5. The van der Waals surface area contributed by atoms with Gasteiger partial charge in [0.05, 0.1) is 0 Å². The Hall–Kier alpha value is 2.68. The quantitative estimate of drug-likeness (QED) is 0.254. The molecule has 1 nitrogen and oxygen atoms in total. The van der Waals surface area contributed by atoms with Crippen molar-refractivity contribution >= 4 is 60.2 Å². The average Bonchev–Trinajstić information content (AvgIpc) is 0.811. The van der Waals surface area contributed by atoms with Crippen molar-refractivity contribution < 1.29 is 21.4 Å². The van der Waals surface area contributed by atoms with E-state index < -0.39 is 20.9 Å². The molecule has 0 saturated heterocycles. The van der Waals surface area contributed by atoms with E-state index >= 15 is 0 Å². The molecule has 0 N–H and O–H groups in total. The van der Waals surface area contributed by atoms with Gasteiger partial charge in [0.25, 0.3) is 0 Å². The molecule has 3 radical (unpaired) electrons. The van der Waals surface area contributed by atoms with Crippen molar-refractivity contribution in [2.24, 2.45) is 0 Å². The van der Waals surface area contributed by atoms with Crippen LogP contribution in [0.25, 0.3) is 0 Å². The van der Waals surface area contributed by atoms with Crippen LogP contribution in [-0.2, 0) is 21.4 Å². The molecule has 35 valence electrons. The molecule has 0 aromatic carbocycles. The molecule has 0 amide bonds. The van der Waals surface area contributed by atoms with Crippen molar-refractivity contribution in [2.75, 3.05) is 0 Å². The molecule has 0 rings (SSSR count). The van der Waals surface area contributed by atoms with Gasteiger partial charge in [0.2, 0.25) is 0 Å². The number of rotatable bonds is 0. The maximum absolute atomic E-state index is 9.70. The number of hydrogen-bond acceptors (Lipinski definition) is 1. The summed E-state index contributed by atoms with van der Waals surface area (Å²) in [6, 6.07) is 0. The zero-order valence-electron chi connectivity index (χ0n) is 3.64. The molecule has 0 aromatic heterocycles. The van der Waals surface area contributed by atoms with E-state index in [4.69, 9.17) is 0 Å². The van der Waals surface area contributed by atoms with Crippen molar-refractivity contribution in [1.82, 2.24) is 0 Å². The SMILES string of the molecule is [BH2][BiH](=[O])[PH2].[PbH2].[V]. The molecule has 2 unspecified atom stereocenters. The van der Waals surface area contributed by atoms with Gasteiger partial charge >= 0.3 is 63.0 Å². The fourth-order valence-electron chi connectivity index (χ4n) is 0. The van der Waals surface area contributed by atoms with Crippen LogP contribution >= 0.6 is 6.53 Å². The minimum Gasteiger partial charge on any atom is 0 e. The minimum absolute atomic E-state index is 0. The van der Waals surface area contributed by atoms with Gasteiger partial charge in [0.1, 0.15) is 0 Å². The van der Waals surface area contributed by atoms with Crippen molar-refractivity contribution in [2.45, 2.75) is 0 Å². The second-order valence-electron chi connectivity index (χ2n) is 0.611. The molecule has 0 aromatic rings. The molecular weight excluding hydrogens is 525 g/mol. The van der Waals surface area contributed by atoms with Gasteiger partial charge in [-0.2, -0.15) is 0 Å². The largest absolute Gasteiger partial charge is 0 e. The first-order valence-corrected chi connectivity index (χ1v) is 13.8. The van der Waals surface area contributed by atoms with Crippen molar-refractivity contribution in [3.05, 3.63) is 0 Å². The van der Waals surface area contributed by atoms with Crippen LogP contribution in [0.4, 0.5) is 0 Å². The van der Waals surface area contributed by atoms with E-state index in [1.165, 1.54) is 0 Å². The van der Waals surface area contributed by atoms with Gasteiger partial charge in [-0.15, -0.1) is 0 Å². The van der Waals surface area contributed by atoms with E-state index in [0.717, 1.165) is 0 Å². The van der Waals surface area contributed by atoms with Crippen molar-refractivity contribution in [3.8, 4) is 0 Å². The van der Waals surface area contributed by atoms with Gasteiger partial charge in [-0.3, -0.25) is 0 Å². The molecule has 0 aliphatic carbocycles. The zero-order valence-corrected chi connectivity index (χ0v) is 15.6. The van der Waals surface area contributed by atoms with Crippen LogP contribution in [0.15, 0.2) is 0 Å². The Morgan fingerprint density at radius 2 is 1.67 bits per heavy atom. The van der Waals surface area contributed by atoms with E-state index in [-0.39, 0.29) is 45.9 Å². The summed E-state index contributed by atoms with van der Waals surface area (Å²) in [5.41, 5.74) is 0. The molecule has 6 heteroatoms. The molecule has 2 atom stereocenters. The summed E-state index contributed by atoms with van der Waals surface area (Å²) in [5.74, 6) is 0. The van der Waals surface area contributed by atoms with Gasteiger partial charge in [-0.05, 0) is 0 Å². The summed E-state index contributed by atoms with van der Waals surface area (Å²) in [6.07, 6.45) is 0. The Morgan fingerprint density at radius 3 is 1.67 bits per heavy atom. The molecule has 6 heavy (non-hydrogen) atoms. The topological polar surface area (TPSA) is 17.1 Å². The Morgan fingerprint density at radius 1 is 1.67 bits per heavy atom. The van der Waals surface area contributed by atoms with E-state index in [1.807, 2.05) is 0 Å². The van der Waals surface area contributed by atoms with Crippen LogP contribution in [0.5, 0.6) is 0 Å². The van der Waals surface area contributed by atoms with Crippen molar-refractivity contribution in [1.29, 1.82) is 0 Å². The maximum Gasteiger partial charge on any atom is 0 e. The fourth-order valence-corrected chi connectivity index (χ4v) is 0. The Kier molecular flexibility index (Phi) is 28.1. The maximum atomic E-state index is 9.70. The Bertz CT molecular complexity index is 38.5. The minimum atomic E-state index is -1.99. The van der Waals surface area contributed by atoms with Gasteiger partial charge < -0.3 is 0 Å². The third-order valence-corrected chi connectivity index (χ3v) is 0. The third-order valence-electron chi connectivity index (χ3n) is 0. The first-order valence-electron chi connectivity index (χ1n) is 0.993. The van der Waals surface area contributed by atoms with E-state index in [2.05, 4.69) is 6.53 Å². The first kappa shape index (κ1) is 15.9. The summed E-state index contributed by atoms with van der Waals surface area (Å²) in [6.45, 7) is 2.31. The van der Waals surface area contributed by atoms with Gasteiger partial charge in [-0.25, -0.2) is 0 Å². The Balaban J connectivity index is -0.0000000450. The van der Waals surface area contributed by atoms with Gasteiger partial charge in [0.15, 0.2) is 0 Å². The molecule has 0 bridgehead atoms. The fraction of sp³-hybridized carbons (Fsp3) is 0. The molecule has 0 aliphatic heterocycles. The smallest absolute Gasteiger partial charge is 0 e. The van der Waals surface area contributed by atoms with Crippen LogP contribution in [0.1, 0.15) is 0 Å². The molecule has 0 fully saturated rings. The normalized spacial score (nSPS) is 10.2. The zero-order chi connectivity index (χ0) is 3.58. The summed E-state index contributed by atoms with van der Waals surface area (Å²) in [5, 5.41) is 1.79. The van der Waals surface area contributed by atoms with E-state index in [1.54, 1.807) is 5.38 Å². The summed E-state index contributed by atoms with van der Waals surface area (Å²) < 4.78 is 9.70. The Labute approximate surface area is 80.1 Å². The van der Waals surface area contributed by atoms with E-state index in [0.29, 0.717) is 0 Å². The van der Waals surface area contributed by atoms with Gasteiger partial charge in [-0.1, -0.05) is 0 Å². The molecule has 0 spiro atoms. The molecular formula is H7BBiOPPbV. The van der Waals surface area contributed by atoms with Gasteiger partial charge in [0, 0.05) is 18.6 Å². The summed E-state index contributed by atoms with van der Waals surface area (Å²) in [4.78, 5) is 0.